The molecule has 1 aliphatic rings. The lowest BCUT2D eigenvalue weighted by molar-refractivity contribution is 0.429. The van der Waals surface area contributed by atoms with Crippen molar-refractivity contribution in [2.24, 2.45) is 11.7 Å². The van der Waals surface area contributed by atoms with E-state index in [0.717, 1.165) is 16.5 Å². The predicted molar refractivity (Wildman–Crippen MR) is 86.6 cm³/mol. The maximum Gasteiger partial charge on any atom is 0.243 e. The van der Waals surface area contributed by atoms with Gasteiger partial charge in [-0.2, -0.15) is 4.31 Å². The topological polar surface area (TPSA) is 63.4 Å². The molecule has 1 aromatic carbocycles. The lowest BCUT2D eigenvalue weighted by Gasteiger charge is -2.19. The van der Waals surface area contributed by atoms with Crippen LogP contribution < -0.4 is 5.73 Å². The summed E-state index contributed by atoms with van der Waals surface area (Å²) in [5.74, 6) is 0.252. The molecule has 1 fully saturated rings. The first-order chi connectivity index (χ1) is 8.82. The van der Waals surface area contributed by atoms with Crippen LogP contribution in [0.4, 0.5) is 0 Å². The molecule has 2 rings (SSSR count). The molecule has 1 aliphatic heterocycles. The van der Waals surface area contributed by atoms with Gasteiger partial charge < -0.3 is 5.73 Å². The summed E-state index contributed by atoms with van der Waals surface area (Å²) in [4.78, 5) is 0.382. The van der Waals surface area contributed by atoms with Crippen LogP contribution in [0.5, 0.6) is 0 Å². The third-order valence-corrected chi connectivity index (χ3v) is 6.20. The fraction of sp³-hybridized carbons (Fsp3) is 0.538. The molecule has 1 heterocycles. The van der Waals surface area contributed by atoms with Gasteiger partial charge in [-0.3, -0.25) is 0 Å². The Bertz CT molecular complexity index is 578. The Morgan fingerprint density at radius 1 is 1.45 bits per heavy atom. The molecule has 4 nitrogen and oxygen atoms in total. The zero-order valence-corrected chi connectivity index (χ0v) is 14.8. The highest BCUT2D eigenvalue weighted by Gasteiger charge is 2.34. The number of nitrogens with zero attached hydrogens (tertiary/aromatic N) is 1. The van der Waals surface area contributed by atoms with Crippen LogP contribution >= 0.6 is 28.3 Å². The Balaban J connectivity index is 0.00000200. The van der Waals surface area contributed by atoms with Crippen molar-refractivity contribution >= 4 is 38.4 Å². The highest BCUT2D eigenvalue weighted by molar-refractivity contribution is 9.10. The van der Waals surface area contributed by atoms with E-state index < -0.39 is 10.0 Å². The molecule has 7 heteroatoms. The normalized spacial score (nSPS) is 21.5. The average molecular weight is 384 g/mol. The van der Waals surface area contributed by atoms with Crippen LogP contribution in [0.2, 0.25) is 0 Å². The van der Waals surface area contributed by atoms with Crippen LogP contribution in [0.1, 0.15) is 18.9 Å². The van der Waals surface area contributed by atoms with Crippen molar-refractivity contribution in [2.45, 2.75) is 31.2 Å². The SMILES string of the molecule is Cc1ccc(Br)cc1S(=O)(=O)N1CCC(C(C)N)C1.Cl. The lowest BCUT2D eigenvalue weighted by atomic mass is 10.0. The van der Waals surface area contributed by atoms with E-state index in [9.17, 15) is 8.42 Å². The number of sulfonamides is 1. The summed E-state index contributed by atoms with van der Waals surface area (Å²) in [5, 5.41) is 0. The van der Waals surface area contributed by atoms with E-state index >= 15 is 0 Å². The molecule has 0 saturated carbocycles. The predicted octanol–water partition coefficient (Wildman–Crippen LogP) is 2.54. The summed E-state index contributed by atoms with van der Waals surface area (Å²) in [6, 6.07) is 5.37. The highest BCUT2D eigenvalue weighted by Crippen LogP contribution is 2.28. The third kappa shape index (κ3) is 3.54. The van der Waals surface area contributed by atoms with Crippen molar-refractivity contribution in [3.8, 4) is 0 Å². The zero-order valence-electron chi connectivity index (χ0n) is 11.5. The maximum absolute atomic E-state index is 12.6. The summed E-state index contributed by atoms with van der Waals surface area (Å²) >= 11 is 3.33. The van der Waals surface area contributed by atoms with Crippen LogP contribution in [-0.2, 0) is 10.0 Å². The highest BCUT2D eigenvalue weighted by atomic mass is 79.9. The van der Waals surface area contributed by atoms with Gasteiger partial charge in [-0.25, -0.2) is 8.42 Å². The van der Waals surface area contributed by atoms with Crippen LogP contribution in [0, 0.1) is 12.8 Å². The second-order valence-electron chi connectivity index (χ2n) is 5.18. The van der Waals surface area contributed by atoms with E-state index in [2.05, 4.69) is 15.9 Å². The Morgan fingerprint density at radius 3 is 2.65 bits per heavy atom. The Morgan fingerprint density at radius 2 is 2.10 bits per heavy atom. The fourth-order valence-corrected chi connectivity index (χ4v) is 4.67. The average Bonchev–Trinajstić information content (AvgIpc) is 2.82. The van der Waals surface area contributed by atoms with Crippen molar-refractivity contribution in [2.75, 3.05) is 13.1 Å². The standard InChI is InChI=1S/C13H19BrN2O2S.ClH/c1-9-3-4-12(14)7-13(9)19(17,18)16-6-5-11(8-16)10(2)15;/h3-4,7,10-11H,5-6,8,15H2,1-2H3;1H. The molecule has 2 unspecified atom stereocenters. The first-order valence-corrected chi connectivity index (χ1v) is 8.57. The van der Waals surface area contributed by atoms with E-state index in [1.165, 1.54) is 0 Å². The van der Waals surface area contributed by atoms with Gasteiger partial charge in [0.1, 0.15) is 0 Å². The van der Waals surface area contributed by atoms with Crippen LogP contribution in [0.15, 0.2) is 27.6 Å². The van der Waals surface area contributed by atoms with Crippen LogP contribution in [0.25, 0.3) is 0 Å². The monoisotopic (exact) mass is 382 g/mol. The molecule has 0 spiro atoms. The molecule has 20 heavy (non-hydrogen) atoms. The van der Waals surface area contributed by atoms with E-state index in [1.54, 1.807) is 10.4 Å². The van der Waals surface area contributed by atoms with Crippen molar-refractivity contribution in [3.05, 3.63) is 28.2 Å². The molecule has 2 N–H and O–H groups in total. The largest absolute Gasteiger partial charge is 0.328 e. The van der Waals surface area contributed by atoms with Gasteiger partial charge in [0.15, 0.2) is 0 Å². The summed E-state index contributed by atoms with van der Waals surface area (Å²) < 4.78 is 27.6. The van der Waals surface area contributed by atoms with Gasteiger partial charge in [0, 0.05) is 23.6 Å². The molecule has 0 radical (unpaired) electrons. The molecule has 0 aromatic heterocycles. The first kappa shape index (κ1) is 17.9. The van der Waals surface area contributed by atoms with Gasteiger partial charge in [0.25, 0.3) is 0 Å². The molecule has 0 bridgehead atoms. The fourth-order valence-electron chi connectivity index (χ4n) is 2.39. The minimum atomic E-state index is -3.41. The third-order valence-electron chi connectivity index (χ3n) is 3.70. The molecule has 0 aliphatic carbocycles. The summed E-state index contributed by atoms with van der Waals surface area (Å²) in [6.07, 6.45) is 0.837. The van der Waals surface area contributed by atoms with E-state index in [4.69, 9.17) is 5.73 Å². The van der Waals surface area contributed by atoms with E-state index in [0.29, 0.717) is 18.0 Å². The maximum atomic E-state index is 12.6. The van der Waals surface area contributed by atoms with Gasteiger partial charge in [-0.1, -0.05) is 22.0 Å². The number of aryl methyl sites for hydroxylation is 1. The molecule has 114 valence electrons. The number of halogens is 2. The molecular formula is C13H20BrClN2O2S. The van der Waals surface area contributed by atoms with Crippen molar-refractivity contribution in [1.82, 2.24) is 4.31 Å². The number of hydrogen-bond acceptors (Lipinski definition) is 3. The van der Waals surface area contributed by atoms with Crippen LogP contribution in [-0.4, -0.2) is 31.9 Å². The molecule has 1 aromatic rings. The number of nitrogens with two attached hydrogens (primary N) is 1. The zero-order chi connectivity index (χ0) is 14.2. The Labute approximate surface area is 135 Å². The molecule has 1 saturated heterocycles. The van der Waals surface area contributed by atoms with Gasteiger partial charge in [0.2, 0.25) is 10.0 Å². The number of benzene rings is 1. The van der Waals surface area contributed by atoms with Crippen molar-refractivity contribution in [3.63, 3.8) is 0 Å². The molecule has 0 amide bonds. The molecular weight excluding hydrogens is 364 g/mol. The van der Waals surface area contributed by atoms with Gasteiger partial charge in [-0.05, 0) is 43.9 Å². The second kappa shape index (κ2) is 6.75. The lowest BCUT2D eigenvalue weighted by Crippen LogP contribution is -2.33. The van der Waals surface area contributed by atoms with E-state index in [1.807, 2.05) is 26.0 Å². The summed E-state index contributed by atoms with van der Waals surface area (Å²) in [7, 11) is -3.41. The first-order valence-electron chi connectivity index (χ1n) is 6.34. The number of hydrogen-bond donors (Lipinski definition) is 1. The smallest absolute Gasteiger partial charge is 0.243 e. The van der Waals surface area contributed by atoms with E-state index in [-0.39, 0.29) is 24.4 Å². The van der Waals surface area contributed by atoms with Gasteiger partial charge >= 0.3 is 0 Å². The molecule has 2 atom stereocenters. The van der Waals surface area contributed by atoms with Gasteiger partial charge in [0.05, 0.1) is 4.90 Å². The van der Waals surface area contributed by atoms with Crippen molar-refractivity contribution < 1.29 is 8.42 Å². The summed E-state index contributed by atoms with van der Waals surface area (Å²) in [6.45, 7) is 4.83. The Kier molecular flexibility index (Phi) is 6.04. The van der Waals surface area contributed by atoms with Gasteiger partial charge in [-0.15, -0.1) is 12.4 Å². The quantitative estimate of drug-likeness (QED) is 0.872. The van der Waals surface area contributed by atoms with Crippen molar-refractivity contribution in [1.29, 1.82) is 0 Å². The second-order valence-corrected chi connectivity index (χ2v) is 8.00. The minimum absolute atomic E-state index is 0. The Hall–Kier alpha value is -0.140. The summed E-state index contributed by atoms with van der Waals surface area (Å²) in [5.41, 5.74) is 6.64. The van der Waals surface area contributed by atoms with Crippen LogP contribution in [0.3, 0.4) is 0 Å². The number of rotatable bonds is 3. The minimum Gasteiger partial charge on any atom is -0.328 e.